The van der Waals surface area contributed by atoms with E-state index in [9.17, 15) is 9.59 Å². The lowest BCUT2D eigenvalue weighted by molar-refractivity contribution is -0.113. The highest BCUT2D eigenvalue weighted by atomic mass is 32.2. The molecular formula is C16H20N2O2S. The lowest BCUT2D eigenvalue weighted by Crippen LogP contribution is -2.43. The standard InChI is InChI=1S/C16H20N2O2S/c1-2-12-5-3-4-8-18(12)16(20)11-6-7-14-13(9-11)17-15(19)10-21-14/h6-7,9,12H,2-5,8,10H2,1H3,(H,17,19). The zero-order valence-electron chi connectivity index (χ0n) is 12.2. The number of benzene rings is 1. The number of nitrogens with one attached hydrogen (secondary N) is 1. The van der Waals surface area contributed by atoms with E-state index in [2.05, 4.69) is 12.2 Å². The summed E-state index contributed by atoms with van der Waals surface area (Å²) in [6, 6.07) is 6.00. The number of likely N-dealkylation sites (tertiary alicyclic amines) is 1. The van der Waals surface area contributed by atoms with E-state index in [4.69, 9.17) is 0 Å². The molecule has 1 unspecified atom stereocenters. The highest BCUT2D eigenvalue weighted by Crippen LogP contribution is 2.32. The first kappa shape index (κ1) is 14.4. The van der Waals surface area contributed by atoms with Gasteiger partial charge in [-0.2, -0.15) is 0 Å². The van der Waals surface area contributed by atoms with Crippen LogP contribution < -0.4 is 5.32 Å². The molecule has 2 heterocycles. The monoisotopic (exact) mass is 304 g/mol. The van der Waals surface area contributed by atoms with Gasteiger partial charge in [0, 0.05) is 23.0 Å². The van der Waals surface area contributed by atoms with Gasteiger partial charge in [0.15, 0.2) is 0 Å². The molecule has 2 aliphatic heterocycles. The fourth-order valence-electron chi connectivity index (χ4n) is 3.07. The minimum absolute atomic E-state index is 0.00139. The molecule has 0 spiro atoms. The van der Waals surface area contributed by atoms with Gasteiger partial charge in [0.1, 0.15) is 0 Å². The van der Waals surface area contributed by atoms with Crippen LogP contribution in [-0.2, 0) is 4.79 Å². The number of thioether (sulfide) groups is 1. The predicted molar refractivity (Wildman–Crippen MR) is 84.8 cm³/mol. The molecule has 0 aliphatic carbocycles. The molecule has 1 fully saturated rings. The Kier molecular flexibility index (Phi) is 4.19. The summed E-state index contributed by atoms with van der Waals surface area (Å²) in [5.41, 5.74) is 1.45. The summed E-state index contributed by atoms with van der Waals surface area (Å²) in [7, 11) is 0. The van der Waals surface area contributed by atoms with E-state index < -0.39 is 0 Å². The van der Waals surface area contributed by atoms with Crippen LogP contribution >= 0.6 is 11.8 Å². The molecule has 0 bridgehead atoms. The molecule has 21 heavy (non-hydrogen) atoms. The summed E-state index contributed by atoms with van der Waals surface area (Å²) in [6.45, 7) is 2.98. The second-order valence-electron chi connectivity index (χ2n) is 5.60. The van der Waals surface area contributed by atoms with Crippen molar-refractivity contribution in [3.8, 4) is 0 Å². The molecule has 0 radical (unpaired) electrons. The Bertz CT molecular complexity index is 573. The van der Waals surface area contributed by atoms with Gasteiger partial charge in [-0.05, 0) is 43.9 Å². The van der Waals surface area contributed by atoms with Crippen LogP contribution in [0.4, 0.5) is 5.69 Å². The number of hydrogen-bond donors (Lipinski definition) is 1. The molecule has 4 nitrogen and oxygen atoms in total. The van der Waals surface area contributed by atoms with E-state index in [1.54, 1.807) is 0 Å². The largest absolute Gasteiger partial charge is 0.336 e. The maximum absolute atomic E-state index is 12.7. The van der Waals surface area contributed by atoms with E-state index in [1.807, 2.05) is 23.1 Å². The van der Waals surface area contributed by atoms with Gasteiger partial charge in [-0.15, -0.1) is 11.8 Å². The van der Waals surface area contributed by atoms with Crippen LogP contribution in [0.2, 0.25) is 0 Å². The van der Waals surface area contributed by atoms with Crippen LogP contribution in [0.25, 0.3) is 0 Å². The number of rotatable bonds is 2. The second kappa shape index (κ2) is 6.10. The van der Waals surface area contributed by atoms with Gasteiger partial charge in [0.05, 0.1) is 11.4 Å². The molecule has 3 rings (SSSR count). The summed E-state index contributed by atoms with van der Waals surface area (Å²) < 4.78 is 0. The number of anilines is 1. The predicted octanol–water partition coefficient (Wildman–Crippen LogP) is 3.14. The van der Waals surface area contributed by atoms with Crippen molar-refractivity contribution in [3.05, 3.63) is 23.8 Å². The Morgan fingerprint density at radius 1 is 1.43 bits per heavy atom. The van der Waals surface area contributed by atoms with Crippen molar-refractivity contribution in [2.75, 3.05) is 17.6 Å². The van der Waals surface area contributed by atoms with Gasteiger partial charge < -0.3 is 10.2 Å². The number of nitrogens with zero attached hydrogens (tertiary/aromatic N) is 1. The van der Waals surface area contributed by atoms with Crippen molar-refractivity contribution in [2.45, 2.75) is 43.5 Å². The minimum Gasteiger partial charge on any atom is -0.336 e. The molecule has 0 aromatic heterocycles. The van der Waals surface area contributed by atoms with Gasteiger partial charge in [-0.25, -0.2) is 0 Å². The van der Waals surface area contributed by atoms with Gasteiger partial charge in [0.2, 0.25) is 5.91 Å². The Hall–Kier alpha value is -1.49. The minimum atomic E-state index is 0.00139. The van der Waals surface area contributed by atoms with Crippen molar-refractivity contribution in [2.24, 2.45) is 0 Å². The van der Waals surface area contributed by atoms with E-state index in [0.29, 0.717) is 17.4 Å². The fraction of sp³-hybridized carbons (Fsp3) is 0.500. The third kappa shape index (κ3) is 2.93. The Balaban J connectivity index is 1.84. The zero-order chi connectivity index (χ0) is 14.8. The van der Waals surface area contributed by atoms with Crippen LogP contribution in [0.3, 0.4) is 0 Å². The quantitative estimate of drug-likeness (QED) is 0.913. The van der Waals surface area contributed by atoms with E-state index >= 15 is 0 Å². The van der Waals surface area contributed by atoms with Crippen molar-refractivity contribution >= 4 is 29.3 Å². The average Bonchev–Trinajstić information content (AvgIpc) is 2.53. The number of piperidine rings is 1. The van der Waals surface area contributed by atoms with Crippen LogP contribution in [0.15, 0.2) is 23.1 Å². The van der Waals surface area contributed by atoms with Gasteiger partial charge >= 0.3 is 0 Å². The zero-order valence-corrected chi connectivity index (χ0v) is 13.0. The first-order chi connectivity index (χ1) is 10.2. The summed E-state index contributed by atoms with van der Waals surface area (Å²) in [4.78, 5) is 27.3. The Morgan fingerprint density at radius 2 is 2.29 bits per heavy atom. The van der Waals surface area contributed by atoms with Crippen LogP contribution in [0, 0.1) is 0 Å². The number of hydrogen-bond acceptors (Lipinski definition) is 3. The topological polar surface area (TPSA) is 49.4 Å². The first-order valence-corrected chi connectivity index (χ1v) is 8.55. The first-order valence-electron chi connectivity index (χ1n) is 7.56. The van der Waals surface area contributed by atoms with E-state index in [-0.39, 0.29) is 11.8 Å². The highest BCUT2D eigenvalue weighted by molar-refractivity contribution is 8.00. The van der Waals surface area contributed by atoms with Crippen molar-refractivity contribution in [3.63, 3.8) is 0 Å². The van der Waals surface area contributed by atoms with Crippen molar-refractivity contribution in [1.29, 1.82) is 0 Å². The number of fused-ring (bicyclic) bond motifs is 1. The average molecular weight is 304 g/mol. The molecule has 112 valence electrons. The van der Waals surface area contributed by atoms with Gasteiger partial charge in [-0.1, -0.05) is 6.92 Å². The third-order valence-corrected chi connectivity index (χ3v) is 5.29. The maximum atomic E-state index is 12.7. The van der Waals surface area contributed by atoms with Crippen LogP contribution in [0.1, 0.15) is 43.0 Å². The summed E-state index contributed by atoms with van der Waals surface area (Å²) in [5, 5.41) is 2.85. The lowest BCUT2D eigenvalue weighted by atomic mass is 9.99. The molecule has 5 heteroatoms. The fourth-order valence-corrected chi connectivity index (χ4v) is 3.86. The molecule has 1 aromatic carbocycles. The summed E-state index contributed by atoms with van der Waals surface area (Å²) >= 11 is 1.52. The Morgan fingerprint density at radius 3 is 3.10 bits per heavy atom. The van der Waals surface area contributed by atoms with E-state index in [0.717, 1.165) is 36.4 Å². The van der Waals surface area contributed by atoms with Gasteiger partial charge in [-0.3, -0.25) is 9.59 Å². The maximum Gasteiger partial charge on any atom is 0.254 e. The number of carbonyl (C=O) groups is 2. The third-order valence-electron chi connectivity index (χ3n) is 4.22. The van der Waals surface area contributed by atoms with Gasteiger partial charge in [0.25, 0.3) is 5.91 Å². The molecule has 0 saturated carbocycles. The second-order valence-corrected chi connectivity index (χ2v) is 6.62. The van der Waals surface area contributed by atoms with Crippen molar-refractivity contribution < 1.29 is 9.59 Å². The van der Waals surface area contributed by atoms with Crippen LogP contribution in [0.5, 0.6) is 0 Å². The molecule has 2 amide bonds. The Labute approximate surface area is 129 Å². The summed E-state index contributed by atoms with van der Waals surface area (Å²) in [6.07, 6.45) is 4.39. The number of amides is 2. The summed E-state index contributed by atoms with van der Waals surface area (Å²) in [5.74, 6) is 0.542. The van der Waals surface area contributed by atoms with Crippen molar-refractivity contribution in [1.82, 2.24) is 4.90 Å². The van der Waals surface area contributed by atoms with E-state index in [1.165, 1.54) is 18.2 Å². The highest BCUT2D eigenvalue weighted by Gasteiger charge is 2.27. The normalized spacial score (nSPS) is 21.7. The molecular weight excluding hydrogens is 284 g/mol. The molecule has 1 aromatic rings. The lowest BCUT2D eigenvalue weighted by Gasteiger charge is -2.35. The molecule has 1 atom stereocenters. The smallest absolute Gasteiger partial charge is 0.254 e. The van der Waals surface area contributed by atoms with Crippen LogP contribution in [-0.4, -0.2) is 35.1 Å². The SMILES string of the molecule is CCC1CCCCN1C(=O)c1ccc2c(c1)NC(=O)CS2. The molecule has 1 N–H and O–H groups in total. The molecule has 2 aliphatic rings. The number of carbonyl (C=O) groups excluding carboxylic acids is 2. The molecule has 1 saturated heterocycles.